The summed E-state index contributed by atoms with van der Waals surface area (Å²) in [5.74, 6) is -1.08. The molecular weight excluding hydrogens is 463 g/mol. The van der Waals surface area contributed by atoms with Gasteiger partial charge in [0.05, 0.1) is 35.0 Å². The van der Waals surface area contributed by atoms with Gasteiger partial charge in [-0.05, 0) is 42.5 Å². The lowest BCUT2D eigenvalue weighted by Gasteiger charge is -2.10. The Morgan fingerprint density at radius 1 is 1.13 bits per heavy atom. The summed E-state index contributed by atoms with van der Waals surface area (Å²) in [5, 5.41) is 21.9. The number of halogens is 2. The van der Waals surface area contributed by atoms with Crippen LogP contribution in [0.2, 0.25) is 0 Å². The molecule has 152 valence electrons. The second-order valence-electron chi connectivity index (χ2n) is 6.25. The molecule has 0 bridgehead atoms. The third-order valence-corrected chi connectivity index (χ3v) is 4.70. The van der Waals surface area contributed by atoms with Gasteiger partial charge in [-0.15, -0.1) is 0 Å². The summed E-state index contributed by atoms with van der Waals surface area (Å²) in [6.45, 7) is 0.176. The molecule has 0 spiro atoms. The highest BCUT2D eigenvalue weighted by atomic mass is 79.9. The number of nitriles is 2. The molecule has 1 N–H and O–H groups in total. The number of amides is 1. The maximum Gasteiger partial charge on any atom is 0.274 e. The first kappa shape index (κ1) is 21.7. The molecule has 3 aromatic carbocycles. The van der Waals surface area contributed by atoms with Gasteiger partial charge in [0, 0.05) is 15.6 Å². The molecule has 0 unspecified atom stereocenters. The zero-order valence-electron chi connectivity index (χ0n) is 16.0. The van der Waals surface area contributed by atoms with E-state index in [1.807, 2.05) is 6.07 Å². The number of benzene rings is 3. The van der Waals surface area contributed by atoms with Crippen molar-refractivity contribution in [3.63, 3.8) is 0 Å². The van der Waals surface area contributed by atoms with Crippen molar-refractivity contribution in [1.82, 2.24) is 5.43 Å². The minimum atomic E-state index is -0.811. The van der Waals surface area contributed by atoms with Gasteiger partial charge < -0.3 is 4.74 Å². The molecule has 0 aliphatic heterocycles. The van der Waals surface area contributed by atoms with Gasteiger partial charge in [-0.3, -0.25) is 4.79 Å². The molecule has 8 heteroatoms. The van der Waals surface area contributed by atoms with Crippen LogP contribution in [-0.4, -0.2) is 12.1 Å². The molecule has 0 aliphatic carbocycles. The first-order valence-electron chi connectivity index (χ1n) is 8.95. The van der Waals surface area contributed by atoms with Crippen LogP contribution in [0.5, 0.6) is 5.75 Å². The number of hydrogen-bond donors (Lipinski definition) is 1. The molecule has 0 aliphatic rings. The lowest BCUT2D eigenvalue weighted by molar-refractivity contribution is 0.0951. The van der Waals surface area contributed by atoms with Gasteiger partial charge >= 0.3 is 0 Å². The maximum absolute atomic E-state index is 14.0. The Bertz CT molecular complexity index is 1250. The molecule has 3 aromatic rings. The zero-order chi connectivity index (χ0) is 22.2. The Balaban J connectivity index is 1.73. The molecule has 3 rings (SSSR count). The van der Waals surface area contributed by atoms with E-state index in [1.54, 1.807) is 42.5 Å². The molecule has 0 fully saturated rings. The maximum atomic E-state index is 14.0. The van der Waals surface area contributed by atoms with Gasteiger partial charge in [-0.1, -0.05) is 34.1 Å². The highest BCUT2D eigenvalue weighted by Crippen LogP contribution is 2.23. The van der Waals surface area contributed by atoms with E-state index >= 15 is 0 Å². The number of hydrogen-bond acceptors (Lipinski definition) is 5. The third-order valence-electron chi connectivity index (χ3n) is 4.21. The van der Waals surface area contributed by atoms with Gasteiger partial charge in [-0.25, -0.2) is 9.82 Å². The van der Waals surface area contributed by atoms with Gasteiger partial charge in [0.25, 0.3) is 5.91 Å². The van der Waals surface area contributed by atoms with Crippen molar-refractivity contribution in [2.75, 3.05) is 0 Å². The standard InChI is InChI=1S/C23H14BrFN4O2/c24-19-6-8-22(31-14-17-4-2-1-3-16(17)12-27)18(10-19)13-28-29-23(30)20-7-5-15(11-26)9-21(20)25/h1-10,13H,14H2,(H,29,30)/b28-13+. The Kier molecular flexibility index (Phi) is 7.10. The summed E-state index contributed by atoms with van der Waals surface area (Å²) in [7, 11) is 0. The average Bonchev–Trinajstić information content (AvgIpc) is 2.78. The second kappa shape index (κ2) is 10.1. The summed E-state index contributed by atoms with van der Waals surface area (Å²) in [6, 6.07) is 19.8. The van der Waals surface area contributed by atoms with Crippen molar-refractivity contribution in [3.05, 3.63) is 98.8 Å². The minimum absolute atomic E-state index is 0.117. The summed E-state index contributed by atoms with van der Waals surface area (Å²) in [6.07, 6.45) is 1.37. The van der Waals surface area contributed by atoms with E-state index in [0.717, 1.165) is 16.1 Å². The molecular formula is C23H14BrFN4O2. The molecule has 6 nitrogen and oxygen atoms in total. The first-order chi connectivity index (χ1) is 15.0. The minimum Gasteiger partial charge on any atom is -0.488 e. The largest absolute Gasteiger partial charge is 0.488 e. The highest BCUT2D eigenvalue weighted by molar-refractivity contribution is 9.10. The first-order valence-corrected chi connectivity index (χ1v) is 9.74. The average molecular weight is 477 g/mol. The van der Waals surface area contributed by atoms with Gasteiger partial charge in [-0.2, -0.15) is 15.6 Å². The SMILES string of the molecule is N#Cc1ccc(C(=O)N/N=C/c2cc(Br)ccc2OCc2ccccc2C#N)c(F)c1. The fraction of sp³-hybridized carbons (Fsp3) is 0.0435. The van der Waals surface area contributed by atoms with Crippen LogP contribution in [0.1, 0.15) is 32.6 Å². The summed E-state index contributed by atoms with van der Waals surface area (Å²) >= 11 is 3.37. The fourth-order valence-electron chi connectivity index (χ4n) is 2.65. The molecule has 0 atom stereocenters. The molecule has 0 aromatic heterocycles. The quantitative estimate of drug-likeness (QED) is 0.412. The predicted molar refractivity (Wildman–Crippen MR) is 116 cm³/mol. The number of hydrazone groups is 1. The van der Waals surface area contributed by atoms with Crippen LogP contribution in [0, 0.1) is 28.5 Å². The van der Waals surface area contributed by atoms with Crippen molar-refractivity contribution in [2.45, 2.75) is 6.61 Å². The molecule has 0 saturated heterocycles. The van der Waals surface area contributed by atoms with E-state index in [2.05, 4.69) is 32.5 Å². The van der Waals surface area contributed by atoms with Crippen LogP contribution in [0.25, 0.3) is 0 Å². The van der Waals surface area contributed by atoms with Crippen LogP contribution in [0.3, 0.4) is 0 Å². The lowest BCUT2D eigenvalue weighted by atomic mass is 10.1. The Morgan fingerprint density at radius 3 is 2.68 bits per heavy atom. The Labute approximate surface area is 186 Å². The number of rotatable bonds is 6. The van der Waals surface area contributed by atoms with Gasteiger partial charge in [0.15, 0.2) is 0 Å². The zero-order valence-corrected chi connectivity index (χ0v) is 17.6. The smallest absolute Gasteiger partial charge is 0.274 e. The number of nitrogens with zero attached hydrogens (tertiary/aromatic N) is 3. The molecule has 0 radical (unpaired) electrons. The normalized spacial score (nSPS) is 10.3. The van der Waals surface area contributed by atoms with Gasteiger partial charge in [0.2, 0.25) is 0 Å². The van der Waals surface area contributed by atoms with Crippen LogP contribution in [-0.2, 0) is 6.61 Å². The molecule has 1 amide bonds. The van der Waals surface area contributed by atoms with Crippen molar-refractivity contribution < 1.29 is 13.9 Å². The van der Waals surface area contributed by atoms with Crippen molar-refractivity contribution in [1.29, 1.82) is 10.5 Å². The van der Waals surface area contributed by atoms with E-state index < -0.39 is 11.7 Å². The Morgan fingerprint density at radius 2 is 1.94 bits per heavy atom. The molecule has 0 heterocycles. The lowest BCUT2D eigenvalue weighted by Crippen LogP contribution is -2.19. The number of ether oxygens (including phenoxy) is 1. The summed E-state index contributed by atoms with van der Waals surface area (Å²) in [5.41, 5.74) is 3.96. The van der Waals surface area contributed by atoms with E-state index in [0.29, 0.717) is 16.9 Å². The van der Waals surface area contributed by atoms with Crippen LogP contribution < -0.4 is 10.2 Å². The fourth-order valence-corrected chi connectivity index (χ4v) is 3.03. The van der Waals surface area contributed by atoms with Crippen LogP contribution in [0.15, 0.2) is 70.2 Å². The van der Waals surface area contributed by atoms with Crippen LogP contribution in [0.4, 0.5) is 4.39 Å². The van der Waals surface area contributed by atoms with Crippen LogP contribution >= 0.6 is 15.9 Å². The second-order valence-corrected chi connectivity index (χ2v) is 7.16. The van der Waals surface area contributed by atoms with E-state index in [-0.39, 0.29) is 17.7 Å². The van der Waals surface area contributed by atoms with Crippen molar-refractivity contribution in [3.8, 4) is 17.9 Å². The van der Waals surface area contributed by atoms with Crippen molar-refractivity contribution in [2.24, 2.45) is 5.10 Å². The third kappa shape index (κ3) is 5.53. The Hall–Kier alpha value is -4.01. The monoisotopic (exact) mass is 476 g/mol. The number of carbonyl (C=O) groups is 1. The van der Waals surface area contributed by atoms with Crippen molar-refractivity contribution >= 4 is 28.1 Å². The van der Waals surface area contributed by atoms with E-state index in [4.69, 9.17) is 10.00 Å². The number of nitrogens with one attached hydrogen (secondary N) is 1. The van der Waals surface area contributed by atoms with Gasteiger partial charge in [0.1, 0.15) is 18.2 Å². The molecule has 31 heavy (non-hydrogen) atoms. The summed E-state index contributed by atoms with van der Waals surface area (Å²) < 4.78 is 20.6. The predicted octanol–water partition coefficient (Wildman–Crippen LogP) is 4.67. The molecule has 0 saturated carbocycles. The van der Waals surface area contributed by atoms with E-state index in [9.17, 15) is 14.4 Å². The van der Waals surface area contributed by atoms with E-state index in [1.165, 1.54) is 18.3 Å². The summed E-state index contributed by atoms with van der Waals surface area (Å²) in [4.78, 5) is 12.2. The number of carbonyl (C=O) groups excluding carboxylic acids is 1. The highest BCUT2D eigenvalue weighted by Gasteiger charge is 2.12. The topological polar surface area (TPSA) is 98.3 Å².